The maximum absolute atomic E-state index is 8.77. The zero-order valence-electron chi connectivity index (χ0n) is 16.6. The van der Waals surface area contributed by atoms with Crippen LogP contribution in [0.2, 0.25) is 0 Å². The van der Waals surface area contributed by atoms with Gasteiger partial charge in [0.25, 0.3) is 0 Å². The summed E-state index contributed by atoms with van der Waals surface area (Å²) in [6.07, 6.45) is 12.1. The third kappa shape index (κ3) is 7.50. The average Bonchev–Trinajstić information content (AvgIpc) is 2.68. The van der Waals surface area contributed by atoms with Crippen molar-refractivity contribution in [3.8, 4) is 0 Å². The van der Waals surface area contributed by atoms with Crippen molar-refractivity contribution in [2.24, 2.45) is 0 Å². The first-order valence-electron chi connectivity index (χ1n) is 10.6. The summed E-state index contributed by atoms with van der Waals surface area (Å²) in [5, 5.41) is 12.2. The third-order valence-corrected chi connectivity index (χ3v) is 5.21. The Labute approximate surface area is 159 Å². The van der Waals surface area contributed by atoms with Crippen LogP contribution in [0.4, 0.5) is 11.5 Å². The SMILES string of the molecule is CCNc1cccnc1N1CCN(CCCCCCCCCCO)CC1. The van der Waals surface area contributed by atoms with Crippen LogP contribution < -0.4 is 10.2 Å². The van der Waals surface area contributed by atoms with Crippen LogP contribution in [-0.4, -0.2) is 60.9 Å². The molecule has 2 N–H and O–H groups in total. The number of aliphatic hydroxyl groups is 1. The maximum atomic E-state index is 8.77. The molecule has 5 nitrogen and oxygen atoms in total. The Morgan fingerprint density at radius 1 is 0.962 bits per heavy atom. The molecule has 0 atom stereocenters. The predicted octanol–water partition coefficient (Wildman–Crippen LogP) is 3.75. The molecular weight excluding hydrogens is 324 g/mol. The fourth-order valence-electron chi connectivity index (χ4n) is 3.67. The van der Waals surface area contributed by atoms with Crippen molar-refractivity contribution in [1.29, 1.82) is 0 Å². The Balaban J connectivity index is 1.56. The molecule has 1 aliphatic heterocycles. The van der Waals surface area contributed by atoms with E-state index >= 15 is 0 Å². The second-order valence-corrected chi connectivity index (χ2v) is 7.29. The largest absolute Gasteiger partial charge is 0.396 e. The normalized spacial score (nSPS) is 15.4. The Hall–Kier alpha value is -1.33. The van der Waals surface area contributed by atoms with Crippen molar-refractivity contribution in [1.82, 2.24) is 9.88 Å². The minimum atomic E-state index is 0.351. The number of unbranched alkanes of at least 4 members (excludes halogenated alkanes) is 7. The van der Waals surface area contributed by atoms with Gasteiger partial charge in [0.05, 0.1) is 5.69 Å². The Morgan fingerprint density at radius 2 is 1.62 bits per heavy atom. The fourth-order valence-corrected chi connectivity index (χ4v) is 3.67. The van der Waals surface area contributed by atoms with E-state index in [4.69, 9.17) is 5.11 Å². The molecule has 2 rings (SSSR count). The van der Waals surface area contributed by atoms with Gasteiger partial charge in [0.1, 0.15) is 0 Å². The maximum Gasteiger partial charge on any atom is 0.152 e. The molecule has 148 valence electrons. The van der Waals surface area contributed by atoms with Gasteiger partial charge in [-0.15, -0.1) is 0 Å². The van der Waals surface area contributed by atoms with E-state index in [1.807, 2.05) is 12.3 Å². The number of hydrogen-bond acceptors (Lipinski definition) is 5. The van der Waals surface area contributed by atoms with Gasteiger partial charge in [-0.05, 0) is 38.4 Å². The lowest BCUT2D eigenvalue weighted by molar-refractivity contribution is 0.251. The van der Waals surface area contributed by atoms with Crippen LogP contribution in [0.1, 0.15) is 58.3 Å². The van der Waals surface area contributed by atoms with Gasteiger partial charge in [0.2, 0.25) is 0 Å². The Bertz CT molecular complexity index is 475. The molecule has 1 aromatic rings. The first-order valence-corrected chi connectivity index (χ1v) is 10.6. The van der Waals surface area contributed by atoms with Gasteiger partial charge in [-0.1, -0.05) is 38.5 Å². The summed E-state index contributed by atoms with van der Waals surface area (Å²) in [6, 6.07) is 4.13. The summed E-state index contributed by atoms with van der Waals surface area (Å²) in [5.41, 5.74) is 1.16. The quantitative estimate of drug-likeness (QED) is 0.524. The number of rotatable bonds is 13. The predicted molar refractivity (Wildman–Crippen MR) is 111 cm³/mol. The monoisotopic (exact) mass is 362 g/mol. The summed E-state index contributed by atoms with van der Waals surface area (Å²) in [4.78, 5) is 9.62. The lowest BCUT2D eigenvalue weighted by Crippen LogP contribution is -2.47. The number of anilines is 2. The van der Waals surface area contributed by atoms with Crippen molar-refractivity contribution in [3.63, 3.8) is 0 Å². The minimum absolute atomic E-state index is 0.351. The van der Waals surface area contributed by atoms with Crippen LogP contribution in [0.5, 0.6) is 0 Å². The topological polar surface area (TPSA) is 51.6 Å². The second kappa shape index (κ2) is 12.9. The summed E-state index contributed by atoms with van der Waals surface area (Å²) < 4.78 is 0. The van der Waals surface area contributed by atoms with Crippen LogP contribution in [0.15, 0.2) is 18.3 Å². The van der Waals surface area contributed by atoms with E-state index in [0.717, 1.165) is 50.6 Å². The summed E-state index contributed by atoms with van der Waals surface area (Å²) in [7, 11) is 0. The van der Waals surface area contributed by atoms with E-state index in [0.29, 0.717) is 6.61 Å². The molecule has 26 heavy (non-hydrogen) atoms. The van der Waals surface area contributed by atoms with Crippen molar-refractivity contribution in [2.45, 2.75) is 58.3 Å². The van der Waals surface area contributed by atoms with Crippen molar-refractivity contribution in [3.05, 3.63) is 18.3 Å². The highest BCUT2D eigenvalue weighted by molar-refractivity contribution is 5.65. The molecule has 0 aliphatic carbocycles. The van der Waals surface area contributed by atoms with Gasteiger partial charge < -0.3 is 15.3 Å². The molecule has 0 aromatic carbocycles. The van der Waals surface area contributed by atoms with Crippen LogP contribution in [0, 0.1) is 0 Å². The molecule has 5 heteroatoms. The van der Waals surface area contributed by atoms with Crippen molar-refractivity contribution < 1.29 is 5.11 Å². The molecule has 0 saturated carbocycles. The summed E-state index contributed by atoms with van der Waals surface area (Å²) in [5.74, 6) is 1.11. The van der Waals surface area contributed by atoms with Gasteiger partial charge in [0.15, 0.2) is 5.82 Å². The van der Waals surface area contributed by atoms with Gasteiger partial charge in [-0.2, -0.15) is 0 Å². The molecular formula is C21H38N4O. The van der Waals surface area contributed by atoms with E-state index in [-0.39, 0.29) is 0 Å². The lowest BCUT2D eigenvalue weighted by Gasteiger charge is -2.36. The molecule has 0 unspecified atom stereocenters. The zero-order valence-corrected chi connectivity index (χ0v) is 16.6. The van der Waals surface area contributed by atoms with Gasteiger partial charge >= 0.3 is 0 Å². The molecule has 1 saturated heterocycles. The molecule has 1 aliphatic rings. The summed E-state index contributed by atoms with van der Waals surface area (Å²) >= 11 is 0. The third-order valence-electron chi connectivity index (χ3n) is 5.21. The zero-order chi connectivity index (χ0) is 18.5. The highest BCUT2D eigenvalue weighted by Crippen LogP contribution is 2.23. The van der Waals surface area contributed by atoms with Crippen molar-refractivity contribution in [2.75, 3.05) is 56.1 Å². The number of aliphatic hydroxyl groups excluding tert-OH is 1. The van der Waals surface area contributed by atoms with Crippen LogP contribution >= 0.6 is 0 Å². The molecule has 0 radical (unpaired) electrons. The van der Waals surface area contributed by atoms with Gasteiger partial charge in [-0.25, -0.2) is 4.98 Å². The van der Waals surface area contributed by atoms with Crippen LogP contribution in [-0.2, 0) is 0 Å². The first-order chi connectivity index (χ1) is 12.8. The number of piperazine rings is 1. The van der Waals surface area contributed by atoms with E-state index < -0.39 is 0 Å². The van der Waals surface area contributed by atoms with Crippen LogP contribution in [0.3, 0.4) is 0 Å². The minimum Gasteiger partial charge on any atom is -0.396 e. The average molecular weight is 363 g/mol. The first kappa shape index (κ1) is 21.0. The second-order valence-electron chi connectivity index (χ2n) is 7.29. The Morgan fingerprint density at radius 3 is 2.27 bits per heavy atom. The van der Waals surface area contributed by atoms with Gasteiger partial charge in [0, 0.05) is 45.5 Å². The van der Waals surface area contributed by atoms with Gasteiger partial charge in [-0.3, -0.25) is 4.90 Å². The molecule has 0 amide bonds. The lowest BCUT2D eigenvalue weighted by atomic mass is 10.1. The van der Waals surface area contributed by atoms with E-state index in [1.165, 1.54) is 51.5 Å². The standard InChI is InChI=1S/C21H38N4O/c1-2-22-20-12-11-13-23-21(20)25-17-15-24(16-18-25)14-9-7-5-3-4-6-8-10-19-26/h11-13,22,26H,2-10,14-19H2,1H3. The van der Waals surface area contributed by atoms with E-state index in [1.54, 1.807) is 0 Å². The number of nitrogens with zero attached hydrogens (tertiary/aromatic N) is 3. The van der Waals surface area contributed by atoms with Crippen molar-refractivity contribution >= 4 is 11.5 Å². The van der Waals surface area contributed by atoms with Crippen LogP contribution in [0.25, 0.3) is 0 Å². The molecule has 1 aromatic heterocycles. The number of hydrogen-bond donors (Lipinski definition) is 2. The number of aromatic nitrogens is 1. The number of nitrogens with one attached hydrogen (secondary N) is 1. The smallest absolute Gasteiger partial charge is 0.152 e. The number of pyridine rings is 1. The molecule has 0 spiro atoms. The molecule has 2 heterocycles. The van der Waals surface area contributed by atoms with E-state index in [9.17, 15) is 0 Å². The highest BCUT2D eigenvalue weighted by atomic mass is 16.2. The summed E-state index contributed by atoms with van der Waals surface area (Å²) in [6.45, 7) is 9.07. The highest BCUT2D eigenvalue weighted by Gasteiger charge is 2.19. The fraction of sp³-hybridized carbons (Fsp3) is 0.762. The van der Waals surface area contributed by atoms with E-state index in [2.05, 4.69) is 33.1 Å². The Kier molecular flexibility index (Phi) is 10.4. The molecule has 1 fully saturated rings. The molecule has 0 bridgehead atoms.